The third-order valence-electron chi connectivity index (χ3n) is 6.25. The van der Waals surface area contributed by atoms with Crippen LogP contribution in [-0.2, 0) is 19.4 Å². The van der Waals surface area contributed by atoms with E-state index in [0.717, 1.165) is 25.7 Å². The van der Waals surface area contributed by atoms with Crippen LogP contribution in [0.1, 0.15) is 52.9 Å². The molecule has 1 aromatic carbocycles. The number of hydrogen-bond acceptors (Lipinski definition) is 7. The van der Waals surface area contributed by atoms with Gasteiger partial charge >= 0.3 is 5.97 Å². The molecule has 0 radical (unpaired) electrons. The fourth-order valence-electron chi connectivity index (χ4n) is 4.20. The van der Waals surface area contributed by atoms with Gasteiger partial charge < -0.3 is 10.1 Å². The summed E-state index contributed by atoms with van der Waals surface area (Å²) in [5.74, 6) is 0.459. The molecule has 1 atom stereocenters. The number of carbonyl (C=O) groups is 1. The number of anilines is 1. The Morgan fingerprint density at radius 3 is 2.44 bits per heavy atom. The number of carbonyl (C=O) groups excluding carboxylic acids is 1. The topological polar surface area (TPSA) is 103 Å². The molecule has 0 amide bonds. The van der Waals surface area contributed by atoms with Crippen LogP contribution in [0.25, 0.3) is 5.65 Å². The molecular formula is C25H32N4O4S. The first-order valence-electron chi connectivity index (χ1n) is 11.8. The number of nitrogens with one attached hydrogen (secondary N) is 1. The molecule has 1 unspecified atom stereocenters. The summed E-state index contributed by atoms with van der Waals surface area (Å²) >= 11 is 0. The fraction of sp³-hybridized carbons (Fsp3) is 0.480. The summed E-state index contributed by atoms with van der Waals surface area (Å²) in [5, 5.41) is 11.6. The van der Waals surface area contributed by atoms with Gasteiger partial charge in [-0.15, -0.1) is 10.2 Å². The second kappa shape index (κ2) is 9.74. The van der Waals surface area contributed by atoms with Crippen molar-refractivity contribution in [3.05, 3.63) is 48.7 Å². The maximum atomic E-state index is 13.1. The Morgan fingerprint density at radius 1 is 1.06 bits per heavy atom. The minimum absolute atomic E-state index is 0.150. The molecule has 182 valence electrons. The smallest absolute Gasteiger partial charge is 0.311 e. The van der Waals surface area contributed by atoms with Gasteiger partial charge in [0, 0.05) is 6.20 Å². The van der Waals surface area contributed by atoms with Crippen LogP contribution in [0, 0.1) is 11.3 Å². The number of aromatic nitrogens is 3. The lowest BCUT2D eigenvalue weighted by molar-refractivity contribution is -0.161. The Hall–Kier alpha value is -2.94. The first kappa shape index (κ1) is 24.2. The number of esters is 1. The Bertz CT molecular complexity index is 1240. The van der Waals surface area contributed by atoms with Crippen molar-refractivity contribution in [2.24, 2.45) is 11.3 Å². The molecule has 4 rings (SSSR count). The number of sulfone groups is 1. The predicted octanol–water partition coefficient (Wildman–Crippen LogP) is 4.51. The van der Waals surface area contributed by atoms with Gasteiger partial charge in [-0.05, 0) is 63.8 Å². The van der Waals surface area contributed by atoms with Gasteiger partial charge in [-0.3, -0.25) is 9.20 Å². The number of rotatable bonds is 7. The summed E-state index contributed by atoms with van der Waals surface area (Å²) in [6, 6.07) is 11.5. The third kappa shape index (κ3) is 5.24. The summed E-state index contributed by atoms with van der Waals surface area (Å²) in [5.41, 5.74) is -0.0646. The molecule has 0 saturated heterocycles. The van der Waals surface area contributed by atoms with E-state index in [9.17, 15) is 13.2 Å². The molecule has 0 bridgehead atoms. The summed E-state index contributed by atoms with van der Waals surface area (Å²) in [6.07, 6.45) is 6.73. The van der Waals surface area contributed by atoms with E-state index < -0.39 is 15.3 Å². The second-order valence-electron chi connectivity index (χ2n) is 9.91. The fourth-order valence-corrected chi connectivity index (χ4v) is 5.48. The maximum absolute atomic E-state index is 13.1. The molecule has 34 heavy (non-hydrogen) atoms. The van der Waals surface area contributed by atoms with E-state index in [1.807, 2.05) is 20.8 Å². The second-order valence-corrected chi connectivity index (χ2v) is 11.9. The average molecular weight is 485 g/mol. The van der Waals surface area contributed by atoms with Gasteiger partial charge in [0.1, 0.15) is 6.10 Å². The van der Waals surface area contributed by atoms with E-state index in [1.54, 1.807) is 40.8 Å². The van der Waals surface area contributed by atoms with Gasteiger partial charge in [-0.25, -0.2) is 8.42 Å². The summed E-state index contributed by atoms with van der Waals surface area (Å²) in [6.45, 7) is 5.92. The molecule has 1 aliphatic carbocycles. The molecule has 9 heteroatoms. The molecule has 1 fully saturated rings. The molecule has 0 spiro atoms. The van der Waals surface area contributed by atoms with Crippen LogP contribution >= 0.6 is 0 Å². The molecule has 2 aromatic heterocycles. The van der Waals surface area contributed by atoms with Gasteiger partial charge in [-0.2, -0.15) is 0 Å². The third-order valence-corrected chi connectivity index (χ3v) is 8.00. The number of hydrogen-bond donors (Lipinski definition) is 1. The van der Waals surface area contributed by atoms with E-state index in [4.69, 9.17) is 4.74 Å². The minimum atomic E-state index is -3.68. The standard InChI is InChI=1S/C25H32N4O4S/c1-25(2,3)23(30)33-21(18-10-6-4-7-11-18)16-26-24-28-27-22-15-14-20(17-29(22)24)34(31,32)19-12-8-5-9-13-19/h5,8-9,12-15,17-18,21H,4,6-7,10-11,16H2,1-3H3,(H,26,28). The van der Waals surface area contributed by atoms with E-state index in [1.165, 1.54) is 18.7 Å². The highest BCUT2D eigenvalue weighted by atomic mass is 32.2. The Morgan fingerprint density at radius 2 is 1.76 bits per heavy atom. The monoisotopic (exact) mass is 484 g/mol. The van der Waals surface area contributed by atoms with Crippen LogP contribution in [0.3, 0.4) is 0 Å². The highest BCUT2D eigenvalue weighted by Crippen LogP contribution is 2.30. The molecular weight excluding hydrogens is 452 g/mol. The Kier molecular flexibility index (Phi) is 6.93. The SMILES string of the molecule is CC(C)(C)C(=O)OC(CNc1nnc2ccc(S(=O)(=O)c3ccccc3)cn12)C1CCCCC1. The molecule has 0 aliphatic heterocycles. The van der Waals surface area contributed by atoms with E-state index in [2.05, 4.69) is 15.5 Å². The van der Waals surface area contributed by atoms with Crippen molar-refractivity contribution in [2.75, 3.05) is 11.9 Å². The lowest BCUT2D eigenvalue weighted by atomic mass is 9.85. The maximum Gasteiger partial charge on any atom is 0.311 e. The lowest BCUT2D eigenvalue weighted by Crippen LogP contribution is -2.38. The Balaban J connectivity index is 1.57. The molecule has 1 aliphatic rings. The summed E-state index contributed by atoms with van der Waals surface area (Å²) < 4.78 is 33.7. The first-order chi connectivity index (χ1) is 16.2. The predicted molar refractivity (Wildman–Crippen MR) is 129 cm³/mol. The van der Waals surface area contributed by atoms with Crippen molar-refractivity contribution in [1.29, 1.82) is 0 Å². The van der Waals surface area contributed by atoms with Crippen molar-refractivity contribution < 1.29 is 17.9 Å². The number of nitrogens with zero attached hydrogens (tertiary/aromatic N) is 3. The molecule has 1 saturated carbocycles. The van der Waals surface area contributed by atoms with Crippen molar-refractivity contribution in [1.82, 2.24) is 14.6 Å². The van der Waals surface area contributed by atoms with Gasteiger partial charge in [0.25, 0.3) is 0 Å². The zero-order valence-electron chi connectivity index (χ0n) is 19.9. The van der Waals surface area contributed by atoms with Crippen molar-refractivity contribution in [2.45, 2.75) is 68.8 Å². The molecule has 1 N–H and O–H groups in total. The first-order valence-corrected chi connectivity index (χ1v) is 13.2. The number of pyridine rings is 1. The van der Waals surface area contributed by atoms with Gasteiger partial charge in [0.2, 0.25) is 15.8 Å². The van der Waals surface area contributed by atoms with E-state index in [-0.39, 0.29) is 27.8 Å². The summed E-state index contributed by atoms with van der Waals surface area (Å²) in [7, 11) is -3.68. The largest absolute Gasteiger partial charge is 0.460 e. The van der Waals surface area contributed by atoms with Crippen LogP contribution in [0.2, 0.25) is 0 Å². The minimum Gasteiger partial charge on any atom is -0.460 e. The van der Waals surface area contributed by atoms with Gasteiger partial charge in [0.15, 0.2) is 5.65 Å². The highest BCUT2D eigenvalue weighted by molar-refractivity contribution is 7.91. The zero-order chi connectivity index (χ0) is 24.3. The average Bonchev–Trinajstić information content (AvgIpc) is 3.24. The van der Waals surface area contributed by atoms with Crippen LogP contribution in [-0.4, -0.2) is 41.6 Å². The molecule has 3 aromatic rings. The van der Waals surface area contributed by atoms with Gasteiger partial charge in [-0.1, -0.05) is 37.5 Å². The van der Waals surface area contributed by atoms with Crippen LogP contribution in [0.15, 0.2) is 58.5 Å². The van der Waals surface area contributed by atoms with Crippen LogP contribution in [0.4, 0.5) is 5.95 Å². The lowest BCUT2D eigenvalue weighted by Gasteiger charge is -2.32. The molecule has 8 nitrogen and oxygen atoms in total. The van der Waals surface area contributed by atoms with Gasteiger partial charge in [0.05, 0.1) is 21.8 Å². The highest BCUT2D eigenvalue weighted by Gasteiger charge is 2.31. The quantitative estimate of drug-likeness (QED) is 0.492. The van der Waals surface area contributed by atoms with Crippen molar-refractivity contribution in [3.63, 3.8) is 0 Å². The number of ether oxygens (including phenoxy) is 1. The summed E-state index contributed by atoms with van der Waals surface area (Å²) in [4.78, 5) is 13.0. The Labute approximate surface area is 200 Å². The van der Waals surface area contributed by atoms with Crippen molar-refractivity contribution >= 4 is 27.4 Å². The zero-order valence-corrected chi connectivity index (χ0v) is 20.7. The van der Waals surface area contributed by atoms with E-state index >= 15 is 0 Å². The van der Waals surface area contributed by atoms with Crippen LogP contribution in [0.5, 0.6) is 0 Å². The van der Waals surface area contributed by atoms with Crippen molar-refractivity contribution in [3.8, 4) is 0 Å². The number of benzene rings is 1. The van der Waals surface area contributed by atoms with E-state index in [0.29, 0.717) is 18.1 Å². The number of fused-ring (bicyclic) bond motifs is 1. The molecule has 2 heterocycles. The van der Waals surface area contributed by atoms with Crippen LogP contribution < -0.4 is 5.32 Å². The normalized spacial score (nSPS) is 16.3.